The number of hydrogen-bond acceptors (Lipinski definition) is 2. The van der Waals surface area contributed by atoms with Crippen LogP contribution in [0.3, 0.4) is 0 Å². The van der Waals surface area contributed by atoms with Crippen molar-refractivity contribution in [3.8, 4) is 0 Å². The van der Waals surface area contributed by atoms with Crippen LogP contribution in [0, 0.1) is 5.92 Å². The lowest BCUT2D eigenvalue weighted by molar-refractivity contribution is -0.121. The number of carbonyl (C=O) groups excluding carboxylic acids is 1. The zero-order chi connectivity index (χ0) is 12.3. The number of fused-ring (bicyclic) bond motifs is 1. The van der Waals surface area contributed by atoms with Crippen molar-refractivity contribution in [2.45, 2.75) is 39.9 Å². The van der Waals surface area contributed by atoms with Crippen molar-refractivity contribution in [2.75, 3.05) is 0 Å². The summed E-state index contributed by atoms with van der Waals surface area (Å²) in [6.07, 6.45) is 0.604. The Kier molecular flexibility index (Phi) is 3.79. The minimum absolute atomic E-state index is 0.138. The molecule has 0 aromatic heterocycles. The quantitative estimate of drug-likeness (QED) is 0.833. The topological polar surface area (TPSA) is 41.1 Å². The van der Waals surface area contributed by atoms with Crippen molar-refractivity contribution >= 4 is 5.91 Å². The van der Waals surface area contributed by atoms with Crippen LogP contribution in [0.5, 0.6) is 0 Å². The molecule has 0 spiro atoms. The summed E-state index contributed by atoms with van der Waals surface area (Å²) in [5.74, 6) is 0.554. The van der Waals surface area contributed by atoms with E-state index >= 15 is 0 Å². The molecule has 1 aromatic rings. The van der Waals surface area contributed by atoms with Gasteiger partial charge in [-0.2, -0.15) is 0 Å². The molecule has 17 heavy (non-hydrogen) atoms. The molecule has 0 aliphatic carbocycles. The third-order valence-corrected chi connectivity index (χ3v) is 2.98. The summed E-state index contributed by atoms with van der Waals surface area (Å²) in [7, 11) is 0. The second-order valence-corrected chi connectivity index (χ2v) is 5.08. The van der Waals surface area contributed by atoms with Crippen LogP contribution in [0.15, 0.2) is 18.2 Å². The zero-order valence-corrected chi connectivity index (χ0v) is 10.5. The molecule has 0 fully saturated rings. The van der Waals surface area contributed by atoms with Gasteiger partial charge in [0.1, 0.15) is 0 Å². The van der Waals surface area contributed by atoms with E-state index in [0.717, 1.165) is 13.1 Å². The Morgan fingerprint density at radius 1 is 1.35 bits per heavy atom. The first-order chi connectivity index (χ1) is 8.15. The average Bonchev–Trinajstić information content (AvgIpc) is 2.72. The average molecular weight is 232 g/mol. The molecule has 3 heteroatoms. The molecule has 0 atom stereocenters. The fraction of sp³-hybridized carbons (Fsp3) is 0.500. The lowest BCUT2D eigenvalue weighted by Gasteiger charge is -2.08. The molecule has 1 aliphatic heterocycles. The summed E-state index contributed by atoms with van der Waals surface area (Å²) in [6.45, 7) is 6.67. The Labute approximate surface area is 103 Å². The van der Waals surface area contributed by atoms with Crippen molar-refractivity contribution in [3.05, 3.63) is 34.9 Å². The monoisotopic (exact) mass is 232 g/mol. The Balaban J connectivity index is 1.89. The van der Waals surface area contributed by atoms with Gasteiger partial charge in [-0.05, 0) is 22.6 Å². The molecule has 0 unspecified atom stereocenters. The predicted octanol–water partition coefficient (Wildman–Crippen LogP) is 1.95. The molecule has 2 N–H and O–H groups in total. The van der Waals surface area contributed by atoms with E-state index in [0.29, 0.717) is 18.9 Å². The minimum Gasteiger partial charge on any atom is -0.352 e. The Bertz CT molecular complexity index is 413. The summed E-state index contributed by atoms with van der Waals surface area (Å²) in [5, 5.41) is 6.28. The molecule has 1 amide bonds. The Morgan fingerprint density at radius 2 is 2.12 bits per heavy atom. The minimum atomic E-state index is 0.138. The van der Waals surface area contributed by atoms with Crippen LogP contribution >= 0.6 is 0 Å². The number of nitrogens with one attached hydrogen (secondary N) is 2. The van der Waals surface area contributed by atoms with E-state index in [1.54, 1.807) is 0 Å². The largest absolute Gasteiger partial charge is 0.352 e. The van der Waals surface area contributed by atoms with E-state index < -0.39 is 0 Å². The van der Waals surface area contributed by atoms with Gasteiger partial charge in [0.2, 0.25) is 5.91 Å². The van der Waals surface area contributed by atoms with Gasteiger partial charge in [0.25, 0.3) is 0 Å². The van der Waals surface area contributed by atoms with Gasteiger partial charge >= 0.3 is 0 Å². The summed E-state index contributed by atoms with van der Waals surface area (Å²) >= 11 is 0. The van der Waals surface area contributed by atoms with Crippen LogP contribution in [-0.4, -0.2) is 5.91 Å². The fourth-order valence-corrected chi connectivity index (χ4v) is 2.10. The third-order valence-electron chi connectivity index (χ3n) is 2.98. The van der Waals surface area contributed by atoms with Gasteiger partial charge in [-0.15, -0.1) is 0 Å². The van der Waals surface area contributed by atoms with Crippen molar-refractivity contribution in [1.82, 2.24) is 10.6 Å². The van der Waals surface area contributed by atoms with Crippen molar-refractivity contribution < 1.29 is 4.79 Å². The lowest BCUT2D eigenvalue weighted by atomic mass is 10.1. The molecule has 2 rings (SSSR count). The van der Waals surface area contributed by atoms with Crippen LogP contribution in [0.25, 0.3) is 0 Å². The maximum absolute atomic E-state index is 11.5. The van der Waals surface area contributed by atoms with Gasteiger partial charge in [-0.3, -0.25) is 4.79 Å². The van der Waals surface area contributed by atoms with E-state index in [9.17, 15) is 4.79 Å². The van der Waals surface area contributed by atoms with Gasteiger partial charge in [-0.25, -0.2) is 0 Å². The number of rotatable bonds is 4. The van der Waals surface area contributed by atoms with E-state index in [1.807, 2.05) is 0 Å². The van der Waals surface area contributed by atoms with Crippen molar-refractivity contribution in [1.29, 1.82) is 0 Å². The molecule has 3 nitrogen and oxygen atoms in total. The molecule has 0 saturated carbocycles. The summed E-state index contributed by atoms with van der Waals surface area (Å²) in [4.78, 5) is 11.5. The number of carbonyl (C=O) groups is 1. The zero-order valence-electron chi connectivity index (χ0n) is 10.5. The molecule has 0 bridgehead atoms. The van der Waals surface area contributed by atoms with Crippen molar-refractivity contribution in [2.24, 2.45) is 5.92 Å². The van der Waals surface area contributed by atoms with E-state index in [4.69, 9.17) is 0 Å². The molecular weight excluding hydrogens is 212 g/mol. The standard InChI is InChI=1S/C14H20N2O/c1-10(2)5-14(17)16-7-11-3-4-12-8-15-9-13(12)6-11/h3-4,6,10,15H,5,7-9H2,1-2H3,(H,16,17). The summed E-state index contributed by atoms with van der Waals surface area (Å²) < 4.78 is 0. The van der Waals surface area contributed by atoms with Gasteiger partial charge in [0.05, 0.1) is 0 Å². The third kappa shape index (κ3) is 3.30. The molecule has 0 radical (unpaired) electrons. The molecule has 1 heterocycles. The molecule has 1 aliphatic rings. The summed E-state index contributed by atoms with van der Waals surface area (Å²) in [6, 6.07) is 6.44. The predicted molar refractivity (Wildman–Crippen MR) is 68.3 cm³/mol. The maximum atomic E-state index is 11.5. The van der Waals surface area contributed by atoms with Crippen LogP contribution < -0.4 is 10.6 Å². The van der Waals surface area contributed by atoms with E-state index in [-0.39, 0.29) is 5.91 Å². The van der Waals surface area contributed by atoms with Crippen LogP contribution in [0.2, 0.25) is 0 Å². The second kappa shape index (κ2) is 5.32. The van der Waals surface area contributed by atoms with E-state index in [2.05, 4.69) is 42.7 Å². The Morgan fingerprint density at radius 3 is 2.88 bits per heavy atom. The van der Waals surface area contributed by atoms with Crippen molar-refractivity contribution in [3.63, 3.8) is 0 Å². The second-order valence-electron chi connectivity index (χ2n) is 5.08. The van der Waals surface area contributed by atoms with Gasteiger partial charge < -0.3 is 10.6 Å². The number of benzene rings is 1. The highest BCUT2D eigenvalue weighted by molar-refractivity contribution is 5.76. The highest BCUT2D eigenvalue weighted by Gasteiger charge is 2.10. The molecule has 92 valence electrons. The van der Waals surface area contributed by atoms with Crippen LogP contribution in [-0.2, 0) is 24.4 Å². The number of amides is 1. The normalized spacial score (nSPS) is 13.8. The van der Waals surface area contributed by atoms with Gasteiger partial charge in [-0.1, -0.05) is 32.0 Å². The van der Waals surface area contributed by atoms with E-state index in [1.165, 1.54) is 16.7 Å². The smallest absolute Gasteiger partial charge is 0.220 e. The summed E-state index contributed by atoms with van der Waals surface area (Å²) in [5.41, 5.74) is 3.92. The van der Waals surface area contributed by atoms with Gasteiger partial charge in [0.15, 0.2) is 0 Å². The SMILES string of the molecule is CC(C)CC(=O)NCc1ccc2c(c1)CNC2. The lowest BCUT2D eigenvalue weighted by Crippen LogP contribution is -2.23. The first-order valence-electron chi connectivity index (χ1n) is 6.23. The number of hydrogen-bond donors (Lipinski definition) is 2. The molecular formula is C14H20N2O. The maximum Gasteiger partial charge on any atom is 0.220 e. The first-order valence-corrected chi connectivity index (χ1v) is 6.23. The molecule has 0 saturated heterocycles. The Hall–Kier alpha value is -1.35. The first kappa shape index (κ1) is 12.1. The highest BCUT2D eigenvalue weighted by atomic mass is 16.1. The fourth-order valence-electron chi connectivity index (χ4n) is 2.10. The van der Waals surface area contributed by atoms with Crippen LogP contribution in [0.4, 0.5) is 0 Å². The van der Waals surface area contributed by atoms with Gasteiger partial charge in [0, 0.05) is 26.1 Å². The molecule has 1 aromatic carbocycles. The van der Waals surface area contributed by atoms with Crippen LogP contribution in [0.1, 0.15) is 37.0 Å². The highest BCUT2D eigenvalue weighted by Crippen LogP contribution is 2.16.